The van der Waals surface area contributed by atoms with Crippen molar-refractivity contribution in [2.45, 2.75) is 85.0 Å². The van der Waals surface area contributed by atoms with Gasteiger partial charge in [0.05, 0.1) is 12.2 Å². The van der Waals surface area contributed by atoms with Crippen LogP contribution in [0.3, 0.4) is 0 Å². The molecule has 1 aliphatic rings. The second kappa shape index (κ2) is 10.2. The summed E-state index contributed by atoms with van der Waals surface area (Å²) in [6.45, 7) is 22.7. The molecule has 0 unspecified atom stereocenters. The Balaban J connectivity index is 2.36. The molecule has 1 heterocycles. The Kier molecular flexibility index (Phi) is 8.45. The summed E-state index contributed by atoms with van der Waals surface area (Å²) in [4.78, 5) is 27.0. The first-order valence-corrected chi connectivity index (χ1v) is 14.9. The van der Waals surface area contributed by atoms with Crippen LogP contribution in [0.1, 0.15) is 75.9 Å². The highest BCUT2D eigenvalue weighted by Crippen LogP contribution is 2.40. The molecule has 33 heavy (non-hydrogen) atoms. The third-order valence-corrected chi connectivity index (χ3v) is 11.2. The van der Waals surface area contributed by atoms with Gasteiger partial charge in [-0.25, -0.2) is 9.59 Å². The van der Waals surface area contributed by atoms with Crippen LogP contribution in [0.5, 0.6) is 0 Å². The van der Waals surface area contributed by atoms with Gasteiger partial charge in [-0.15, -0.1) is 0 Å². The van der Waals surface area contributed by atoms with Crippen molar-refractivity contribution in [1.82, 2.24) is 4.90 Å². The molecule has 1 saturated heterocycles. The molecular weight excluding hydrogens is 434 g/mol. The van der Waals surface area contributed by atoms with E-state index in [1.165, 1.54) is 0 Å². The Morgan fingerprint density at radius 1 is 1.09 bits per heavy atom. The molecule has 1 aromatic rings. The van der Waals surface area contributed by atoms with Crippen LogP contribution in [-0.4, -0.2) is 57.2 Å². The van der Waals surface area contributed by atoms with E-state index in [0.29, 0.717) is 31.9 Å². The minimum absolute atomic E-state index is 0.0525. The fourth-order valence-corrected chi connectivity index (χ4v) is 4.85. The number of rotatable bonds is 6. The monoisotopic (exact) mass is 477 g/mol. The lowest BCUT2D eigenvalue weighted by Gasteiger charge is -2.37. The van der Waals surface area contributed by atoms with Gasteiger partial charge in [0, 0.05) is 31.5 Å². The van der Waals surface area contributed by atoms with Crippen LogP contribution in [0, 0.1) is 12.8 Å². The second-order valence-electron chi connectivity index (χ2n) is 11.6. The molecule has 0 aromatic heterocycles. The summed E-state index contributed by atoms with van der Waals surface area (Å²) < 4.78 is 17.5. The summed E-state index contributed by atoms with van der Waals surface area (Å²) in [6, 6.07) is 5.69. The summed E-state index contributed by atoms with van der Waals surface area (Å²) in [7, 11) is -1.95. The maximum Gasteiger partial charge on any atom is 0.410 e. The highest BCUT2D eigenvalue weighted by molar-refractivity contribution is 6.74. The zero-order valence-electron chi connectivity index (χ0n) is 22.2. The Hall–Kier alpha value is -1.86. The van der Waals surface area contributed by atoms with Crippen LogP contribution in [0.15, 0.2) is 18.2 Å². The molecule has 0 aliphatic carbocycles. The number of amides is 1. The third kappa shape index (κ3) is 7.06. The summed E-state index contributed by atoms with van der Waals surface area (Å²) in [5, 5.41) is 0.103. The molecule has 1 aliphatic heterocycles. The molecule has 2 atom stereocenters. The van der Waals surface area contributed by atoms with E-state index in [0.717, 1.165) is 11.1 Å². The van der Waals surface area contributed by atoms with E-state index in [-0.39, 0.29) is 28.9 Å². The Bertz CT molecular complexity index is 853. The topological polar surface area (TPSA) is 65.1 Å². The molecule has 7 heteroatoms. The molecular formula is C26H43NO5Si. The van der Waals surface area contributed by atoms with Gasteiger partial charge in [0.15, 0.2) is 8.32 Å². The van der Waals surface area contributed by atoms with E-state index in [1.807, 2.05) is 39.8 Å². The predicted octanol–water partition coefficient (Wildman–Crippen LogP) is 6.14. The van der Waals surface area contributed by atoms with Gasteiger partial charge in [-0.3, -0.25) is 0 Å². The first-order valence-electron chi connectivity index (χ1n) is 12.0. The third-order valence-electron chi connectivity index (χ3n) is 6.75. The highest BCUT2D eigenvalue weighted by Gasteiger charge is 2.42. The van der Waals surface area contributed by atoms with E-state index >= 15 is 0 Å². The normalized spacial score (nSPS) is 19.5. The molecule has 0 spiro atoms. The van der Waals surface area contributed by atoms with Gasteiger partial charge < -0.3 is 18.8 Å². The van der Waals surface area contributed by atoms with Gasteiger partial charge in [-0.2, -0.15) is 0 Å². The molecule has 0 saturated carbocycles. The van der Waals surface area contributed by atoms with Gasteiger partial charge >= 0.3 is 12.1 Å². The van der Waals surface area contributed by atoms with E-state index in [2.05, 4.69) is 33.9 Å². The van der Waals surface area contributed by atoms with Crippen LogP contribution in [0.4, 0.5) is 4.79 Å². The van der Waals surface area contributed by atoms with Crippen LogP contribution >= 0.6 is 0 Å². The molecule has 2 rings (SSSR count). The first kappa shape index (κ1) is 27.4. The molecule has 1 fully saturated rings. The largest absolute Gasteiger partial charge is 0.462 e. The number of carbonyl (C=O) groups is 2. The van der Waals surface area contributed by atoms with Gasteiger partial charge in [-0.05, 0) is 76.0 Å². The van der Waals surface area contributed by atoms with Crippen molar-refractivity contribution in [3.05, 3.63) is 34.9 Å². The SMILES string of the molecule is CCOC(=O)c1ccc(C)c([C@H]2CN(C(=O)OC(C)(C)C)C[C@@H]2CO[Si](C)(C)C(C)(C)C)c1. The standard InChI is InChI=1S/C26H43NO5Si/c1-11-30-23(28)19-13-12-18(2)21(14-19)22-16-27(24(29)32-25(3,4)5)15-20(22)17-31-33(9,10)26(6,7)8/h12-14,20,22H,11,15-17H2,1-10H3/t20-,22+/m1/s1. The van der Waals surface area contributed by atoms with Gasteiger partial charge in [-0.1, -0.05) is 26.8 Å². The number of benzene rings is 1. The number of nitrogens with zero attached hydrogens (tertiary/aromatic N) is 1. The van der Waals surface area contributed by atoms with Crippen LogP contribution < -0.4 is 0 Å². The average molecular weight is 478 g/mol. The lowest BCUT2D eigenvalue weighted by molar-refractivity contribution is 0.0282. The van der Waals surface area contributed by atoms with Gasteiger partial charge in [0.25, 0.3) is 0 Å². The minimum Gasteiger partial charge on any atom is -0.462 e. The Labute approximate surface area is 201 Å². The zero-order valence-corrected chi connectivity index (χ0v) is 23.2. The van der Waals surface area contributed by atoms with E-state index < -0.39 is 13.9 Å². The summed E-state index contributed by atoms with van der Waals surface area (Å²) in [5.41, 5.74) is 2.14. The Morgan fingerprint density at radius 2 is 1.73 bits per heavy atom. The molecule has 0 N–H and O–H groups in total. The number of likely N-dealkylation sites (tertiary alicyclic amines) is 1. The molecule has 0 bridgehead atoms. The van der Waals surface area contributed by atoms with Gasteiger partial charge in [0.1, 0.15) is 5.60 Å². The van der Waals surface area contributed by atoms with Crippen molar-refractivity contribution in [1.29, 1.82) is 0 Å². The fourth-order valence-electron chi connectivity index (χ4n) is 3.78. The van der Waals surface area contributed by atoms with Crippen molar-refractivity contribution in [3.8, 4) is 0 Å². The Morgan fingerprint density at radius 3 is 2.27 bits per heavy atom. The lowest BCUT2D eigenvalue weighted by Crippen LogP contribution is -2.42. The van der Waals surface area contributed by atoms with Crippen LogP contribution in [0.2, 0.25) is 18.1 Å². The number of carbonyl (C=O) groups excluding carboxylic acids is 2. The molecule has 186 valence electrons. The molecule has 0 radical (unpaired) electrons. The predicted molar refractivity (Wildman–Crippen MR) is 134 cm³/mol. The maximum atomic E-state index is 12.9. The van der Waals surface area contributed by atoms with Gasteiger partial charge in [0.2, 0.25) is 0 Å². The smallest absolute Gasteiger partial charge is 0.410 e. The summed E-state index contributed by atoms with van der Waals surface area (Å²) in [6.07, 6.45) is -0.304. The van der Waals surface area contributed by atoms with Crippen molar-refractivity contribution in [2.75, 3.05) is 26.3 Å². The van der Waals surface area contributed by atoms with E-state index in [9.17, 15) is 9.59 Å². The van der Waals surface area contributed by atoms with E-state index in [4.69, 9.17) is 13.9 Å². The van der Waals surface area contributed by atoms with Crippen LogP contribution in [0.25, 0.3) is 0 Å². The fraction of sp³-hybridized carbons (Fsp3) is 0.692. The molecule has 6 nitrogen and oxygen atoms in total. The summed E-state index contributed by atoms with van der Waals surface area (Å²) >= 11 is 0. The van der Waals surface area contributed by atoms with Crippen molar-refractivity contribution in [2.24, 2.45) is 5.92 Å². The quantitative estimate of drug-likeness (QED) is 0.363. The van der Waals surface area contributed by atoms with Crippen molar-refractivity contribution in [3.63, 3.8) is 0 Å². The van der Waals surface area contributed by atoms with Crippen LogP contribution in [-0.2, 0) is 13.9 Å². The molecule has 1 amide bonds. The lowest BCUT2D eigenvalue weighted by atomic mass is 9.86. The average Bonchev–Trinajstić information content (AvgIpc) is 3.09. The second-order valence-corrected chi connectivity index (χ2v) is 16.4. The first-order chi connectivity index (χ1) is 15.1. The maximum absolute atomic E-state index is 12.9. The number of ether oxygens (including phenoxy) is 2. The van der Waals surface area contributed by atoms with Crippen molar-refractivity contribution >= 4 is 20.4 Å². The van der Waals surface area contributed by atoms with Crippen molar-refractivity contribution < 1.29 is 23.5 Å². The summed E-state index contributed by atoms with van der Waals surface area (Å²) in [5.74, 6) is -0.158. The van der Waals surface area contributed by atoms with E-state index in [1.54, 1.807) is 17.9 Å². The molecule has 1 aromatic carbocycles. The number of hydrogen-bond donors (Lipinski definition) is 0. The number of hydrogen-bond acceptors (Lipinski definition) is 5. The number of esters is 1. The minimum atomic E-state index is -1.95. The highest BCUT2D eigenvalue weighted by atomic mass is 28.4. The number of aryl methyl sites for hydroxylation is 1. The zero-order chi connectivity index (χ0) is 25.2.